The fourth-order valence-electron chi connectivity index (χ4n) is 1.92. The molecule has 1 heterocycles. The highest BCUT2D eigenvalue weighted by Crippen LogP contribution is 2.38. The van der Waals surface area contributed by atoms with Gasteiger partial charge in [0.1, 0.15) is 0 Å². The number of allylic oxidation sites excluding steroid dienone is 1. The molecule has 2 nitrogen and oxygen atoms in total. The zero-order valence-electron chi connectivity index (χ0n) is 6.46. The van der Waals surface area contributed by atoms with E-state index in [1.165, 1.54) is 24.0 Å². The molecule has 1 aliphatic heterocycles. The van der Waals surface area contributed by atoms with Crippen LogP contribution in [0.5, 0.6) is 0 Å². The predicted octanol–water partition coefficient (Wildman–Crippen LogP) is 2.32. The van der Waals surface area contributed by atoms with Gasteiger partial charge >= 0.3 is 0 Å². The normalized spacial score (nSPS) is 35.6. The molecule has 54 valence electrons. The molecule has 0 radical (unpaired) electrons. The molecule has 0 saturated heterocycles. The van der Waals surface area contributed by atoms with E-state index in [0.717, 1.165) is 0 Å². The predicted molar refractivity (Wildman–Crippen MR) is 40.0 cm³/mol. The lowest BCUT2D eigenvalue weighted by atomic mass is 10.1. The van der Waals surface area contributed by atoms with Crippen LogP contribution in [-0.2, 0) is 0 Å². The van der Waals surface area contributed by atoms with Gasteiger partial charge in [-0.05, 0) is 32.3 Å². The Bertz CT molecular complexity index is 195. The first-order chi connectivity index (χ1) is 4.79. The van der Waals surface area contributed by atoms with E-state index in [0.29, 0.717) is 12.1 Å². The van der Waals surface area contributed by atoms with Crippen LogP contribution < -0.4 is 0 Å². The van der Waals surface area contributed by atoms with Gasteiger partial charge in [0.05, 0.1) is 12.1 Å². The Labute approximate surface area is 61.0 Å². The van der Waals surface area contributed by atoms with Gasteiger partial charge in [0.25, 0.3) is 0 Å². The van der Waals surface area contributed by atoms with Crippen molar-refractivity contribution in [2.75, 3.05) is 0 Å². The number of fused-ring (bicyclic) bond motifs is 2. The topological polar surface area (TPSA) is 24.7 Å². The van der Waals surface area contributed by atoms with Crippen LogP contribution in [0.25, 0.3) is 0 Å². The van der Waals surface area contributed by atoms with Crippen molar-refractivity contribution in [1.82, 2.24) is 0 Å². The zero-order valence-corrected chi connectivity index (χ0v) is 6.46. The van der Waals surface area contributed by atoms with E-state index in [4.69, 9.17) is 0 Å². The molecule has 2 aliphatic rings. The van der Waals surface area contributed by atoms with Crippen LogP contribution in [-0.4, -0.2) is 12.1 Å². The summed E-state index contributed by atoms with van der Waals surface area (Å²) in [6.45, 7) is 4.33. The molecule has 0 amide bonds. The SMILES string of the molecule is CC(C)=C1C2CCC1N=N2. The van der Waals surface area contributed by atoms with Gasteiger partial charge in [-0.2, -0.15) is 10.2 Å². The minimum Gasteiger partial charge on any atom is -0.186 e. The van der Waals surface area contributed by atoms with Gasteiger partial charge in [-0.15, -0.1) is 0 Å². The highest BCUT2D eigenvalue weighted by atomic mass is 15.2. The quantitative estimate of drug-likeness (QED) is 0.456. The fraction of sp³-hybridized carbons (Fsp3) is 0.750. The summed E-state index contributed by atoms with van der Waals surface area (Å²) < 4.78 is 0. The Kier molecular flexibility index (Phi) is 1.16. The Morgan fingerprint density at radius 1 is 1.20 bits per heavy atom. The molecule has 2 bridgehead atoms. The van der Waals surface area contributed by atoms with Gasteiger partial charge in [-0.25, -0.2) is 0 Å². The molecule has 2 atom stereocenters. The summed E-state index contributed by atoms with van der Waals surface area (Å²) in [5.41, 5.74) is 2.93. The second kappa shape index (κ2) is 1.91. The van der Waals surface area contributed by atoms with E-state index in [1.54, 1.807) is 0 Å². The van der Waals surface area contributed by atoms with Crippen molar-refractivity contribution in [3.8, 4) is 0 Å². The molecule has 2 unspecified atom stereocenters. The van der Waals surface area contributed by atoms with Crippen LogP contribution in [0.4, 0.5) is 0 Å². The van der Waals surface area contributed by atoms with Crippen LogP contribution >= 0.6 is 0 Å². The van der Waals surface area contributed by atoms with Crippen LogP contribution in [0, 0.1) is 0 Å². The van der Waals surface area contributed by atoms with Gasteiger partial charge in [0.2, 0.25) is 0 Å². The molecule has 0 N–H and O–H groups in total. The second-order valence-corrected chi connectivity index (χ2v) is 3.30. The molecule has 0 aromatic rings. The first-order valence-corrected chi connectivity index (χ1v) is 3.86. The molecule has 1 fully saturated rings. The van der Waals surface area contributed by atoms with Crippen molar-refractivity contribution in [2.45, 2.75) is 38.8 Å². The van der Waals surface area contributed by atoms with E-state index in [-0.39, 0.29) is 0 Å². The standard InChI is InChI=1S/C8H12N2/c1-5(2)8-6-3-4-7(8)10-9-6/h6-7H,3-4H2,1-2H3. The zero-order chi connectivity index (χ0) is 7.14. The third-order valence-corrected chi connectivity index (χ3v) is 2.35. The smallest absolute Gasteiger partial charge is 0.0942 e. The van der Waals surface area contributed by atoms with E-state index in [9.17, 15) is 0 Å². The number of nitrogens with zero attached hydrogens (tertiary/aromatic N) is 2. The van der Waals surface area contributed by atoms with Gasteiger partial charge in [0, 0.05) is 0 Å². The summed E-state index contributed by atoms with van der Waals surface area (Å²) in [6.07, 6.45) is 2.46. The van der Waals surface area contributed by atoms with Crippen LogP contribution in [0.2, 0.25) is 0 Å². The van der Waals surface area contributed by atoms with Gasteiger partial charge in [-0.3, -0.25) is 0 Å². The fourth-order valence-corrected chi connectivity index (χ4v) is 1.92. The maximum Gasteiger partial charge on any atom is 0.0942 e. The molecular weight excluding hydrogens is 124 g/mol. The number of rotatable bonds is 0. The second-order valence-electron chi connectivity index (χ2n) is 3.30. The van der Waals surface area contributed by atoms with Crippen molar-refractivity contribution in [3.63, 3.8) is 0 Å². The van der Waals surface area contributed by atoms with Gasteiger partial charge < -0.3 is 0 Å². The molecule has 0 spiro atoms. The molecular formula is C8H12N2. The number of hydrogen-bond acceptors (Lipinski definition) is 2. The van der Waals surface area contributed by atoms with E-state index < -0.39 is 0 Å². The Morgan fingerprint density at radius 3 is 1.90 bits per heavy atom. The highest BCUT2D eigenvalue weighted by molar-refractivity contribution is 5.29. The van der Waals surface area contributed by atoms with Crippen molar-refractivity contribution in [1.29, 1.82) is 0 Å². The maximum absolute atomic E-state index is 4.17. The lowest BCUT2D eigenvalue weighted by molar-refractivity contribution is 0.643. The molecule has 0 aromatic heterocycles. The van der Waals surface area contributed by atoms with E-state index in [2.05, 4.69) is 24.1 Å². The molecule has 1 aliphatic carbocycles. The molecule has 0 aromatic carbocycles. The van der Waals surface area contributed by atoms with E-state index in [1.807, 2.05) is 0 Å². The number of hydrogen-bond donors (Lipinski definition) is 0. The Balaban J connectivity index is 2.39. The average molecular weight is 136 g/mol. The van der Waals surface area contributed by atoms with Crippen LogP contribution in [0.3, 0.4) is 0 Å². The minimum absolute atomic E-state index is 0.468. The third kappa shape index (κ3) is 0.648. The van der Waals surface area contributed by atoms with Crippen molar-refractivity contribution in [3.05, 3.63) is 11.1 Å². The third-order valence-electron chi connectivity index (χ3n) is 2.35. The first kappa shape index (κ1) is 6.08. The monoisotopic (exact) mass is 136 g/mol. The summed E-state index contributed by atoms with van der Waals surface area (Å²) in [7, 11) is 0. The molecule has 2 rings (SSSR count). The van der Waals surface area contributed by atoms with Gasteiger partial charge in [0.15, 0.2) is 0 Å². The summed E-state index contributed by atoms with van der Waals surface area (Å²) in [4.78, 5) is 0. The summed E-state index contributed by atoms with van der Waals surface area (Å²) >= 11 is 0. The summed E-state index contributed by atoms with van der Waals surface area (Å²) in [6, 6.07) is 0.935. The summed E-state index contributed by atoms with van der Waals surface area (Å²) in [5.74, 6) is 0. The molecule has 1 saturated carbocycles. The van der Waals surface area contributed by atoms with Crippen molar-refractivity contribution >= 4 is 0 Å². The average Bonchev–Trinajstić information content (AvgIpc) is 2.43. The molecule has 10 heavy (non-hydrogen) atoms. The van der Waals surface area contributed by atoms with Crippen molar-refractivity contribution in [2.24, 2.45) is 10.2 Å². The van der Waals surface area contributed by atoms with Crippen LogP contribution in [0.1, 0.15) is 26.7 Å². The highest BCUT2D eigenvalue weighted by Gasteiger charge is 2.35. The van der Waals surface area contributed by atoms with Crippen molar-refractivity contribution < 1.29 is 0 Å². The van der Waals surface area contributed by atoms with Gasteiger partial charge in [-0.1, -0.05) is 5.57 Å². The lowest BCUT2D eigenvalue weighted by Crippen LogP contribution is -2.01. The van der Waals surface area contributed by atoms with Crippen LogP contribution in [0.15, 0.2) is 21.4 Å². The molecule has 2 heteroatoms. The largest absolute Gasteiger partial charge is 0.186 e. The Hall–Kier alpha value is -0.660. The maximum atomic E-state index is 4.17. The summed E-state index contributed by atoms with van der Waals surface area (Å²) in [5, 5.41) is 8.35. The first-order valence-electron chi connectivity index (χ1n) is 3.86. The minimum atomic E-state index is 0.468. The number of azo groups is 1. The lowest BCUT2D eigenvalue weighted by Gasteiger charge is -2.01. The Morgan fingerprint density at radius 2 is 1.70 bits per heavy atom. The van der Waals surface area contributed by atoms with E-state index >= 15 is 0 Å².